The highest BCUT2D eigenvalue weighted by molar-refractivity contribution is 6.43. The number of anilines is 1. The van der Waals surface area contributed by atoms with Gasteiger partial charge >= 0.3 is 0 Å². The topological polar surface area (TPSA) is 81.4 Å². The maximum atomic E-state index is 12.0. The Bertz CT molecular complexity index is 712. The maximum absolute atomic E-state index is 12.0. The Morgan fingerprint density at radius 3 is 3.10 bits per heavy atom. The number of carbonyl (C=O) groups excluding carboxylic acids is 1. The molecule has 1 N–H and O–H groups in total. The highest BCUT2D eigenvalue weighted by Gasteiger charge is 2.23. The Labute approximate surface area is 125 Å². The van der Waals surface area contributed by atoms with Crippen LogP contribution in [0.1, 0.15) is 13.3 Å². The molecule has 108 valence electrons. The summed E-state index contributed by atoms with van der Waals surface area (Å²) in [4.78, 5) is 21.1. The second-order valence-electron chi connectivity index (χ2n) is 4.57. The van der Waals surface area contributed by atoms with Crippen LogP contribution in [-0.2, 0) is 9.63 Å². The van der Waals surface area contributed by atoms with Crippen LogP contribution < -0.4 is 5.32 Å². The number of nitrogens with zero attached hydrogens (tertiary/aromatic N) is 4. The molecule has 7 nitrogen and oxygen atoms in total. The summed E-state index contributed by atoms with van der Waals surface area (Å²) in [5, 5.41) is 11.1. The molecule has 1 atom stereocenters. The molecule has 0 radical (unpaired) electrons. The zero-order chi connectivity index (χ0) is 14.8. The molecule has 0 aromatic carbocycles. The molecule has 0 aliphatic carbocycles. The first-order valence-corrected chi connectivity index (χ1v) is 6.72. The molecule has 1 unspecified atom stereocenters. The second kappa shape index (κ2) is 5.53. The van der Waals surface area contributed by atoms with E-state index >= 15 is 0 Å². The van der Waals surface area contributed by atoms with Gasteiger partial charge in [0.15, 0.2) is 11.6 Å². The van der Waals surface area contributed by atoms with Gasteiger partial charge in [-0.25, -0.2) is 9.67 Å². The lowest BCUT2D eigenvalue weighted by Gasteiger charge is -2.02. The van der Waals surface area contributed by atoms with E-state index in [0.717, 1.165) is 0 Å². The molecule has 3 heterocycles. The quantitative estimate of drug-likeness (QED) is 0.940. The van der Waals surface area contributed by atoms with Crippen molar-refractivity contribution < 1.29 is 9.63 Å². The first kappa shape index (κ1) is 13.6. The SMILES string of the molecule is CC1CC(C(=O)Nc2ccn(-c3ncccc3Cl)n2)=NO1. The van der Waals surface area contributed by atoms with Crippen LogP contribution in [-0.4, -0.2) is 32.5 Å². The molecule has 21 heavy (non-hydrogen) atoms. The van der Waals surface area contributed by atoms with Crippen LogP contribution in [0.5, 0.6) is 0 Å². The molecule has 0 fully saturated rings. The van der Waals surface area contributed by atoms with E-state index in [4.69, 9.17) is 16.4 Å². The third kappa shape index (κ3) is 2.87. The van der Waals surface area contributed by atoms with Crippen molar-refractivity contribution in [3.63, 3.8) is 0 Å². The second-order valence-corrected chi connectivity index (χ2v) is 4.97. The van der Waals surface area contributed by atoms with Gasteiger partial charge in [-0.1, -0.05) is 16.8 Å². The first-order chi connectivity index (χ1) is 10.1. The Kier molecular flexibility index (Phi) is 3.57. The Hall–Kier alpha value is -2.41. The molecule has 1 aliphatic heterocycles. The van der Waals surface area contributed by atoms with Crippen LogP contribution in [0.25, 0.3) is 5.82 Å². The predicted octanol–water partition coefficient (Wildman–Crippen LogP) is 2.02. The molecule has 0 spiro atoms. The van der Waals surface area contributed by atoms with E-state index in [1.807, 2.05) is 6.92 Å². The minimum Gasteiger partial charge on any atom is -0.392 e. The van der Waals surface area contributed by atoms with Crippen molar-refractivity contribution in [1.29, 1.82) is 0 Å². The van der Waals surface area contributed by atoms with Crippen LogP contribution in [0.15, 0.2) is 35.7 Å². The van der Waals surface area contributed by atoms with E-state index < -0.39 is 0 Å². The number of hydrogen-bond acceptors (Lipinski definition) is 5. The highest BCUT2D eigenvalue weighted by Crippen LogP contribution is 2.18. The molecular weight excluding hydrogens is 294 g/mol. The number of aromatic nitrogens is 3. The van der Waals surface area contributed by atoms with Gasteiger partial charge in [-0.15, -0.1) is 5.10 Å². The summed E-state index contributed by atoms with van der Waals surface area (Å²) < 4.78 is 1.49. The lowest BCUT2D eigenvalue weighted by Crippen LogP contribution is -2.22. The molecule has 8 heteroatoms. The molecule has 2 aromatic rings. The monoisotopic (exact) mass is 305 g/mol. The zero-order valence-corrected chi connectivity index (χ0v) is 11.9. The van der Waals surface area contributed by atoms with Crippen molar-refractivity contribution in [2.75, 3.05) is 5.32 Å². The van der Waals surface area contributed by atoms with Crippen LogP contribution in [0.4, 0.5) is 5.82 Å². The van der Waals surface area contributed by atoms with E-state index in [-0.39, 0.29) is 12.0 Å². The van der Waals surface area contributed by atoms with Gasteiger partial charge in [-0.2, -0.15) is 0 Å². The normalized spacial score (nSPS) is 17.2. The minimum absolute atomic E-state index is 0.0735. The van der Waals surface area contributed by atoms with Crippen molar-refractivity contribution in [2.24, 2.45) is 5.16 Å². The van der Waals surface area contributed by atoms with Crippen molar-refractivity contribution in [2.45, 2.75) is 19.4 Å². The number of carbonyl (C=O) groups is 1. The molecule has 0 saturated carbocycles. The van der Waals surface area contributed by atoms with E-state index in [1.54, 1.807) is 30.6 Å². The zero-order valence-electron chi connectivity index (χ0n) is 11.2. The number of nitrogens with one attached hydrogen (secondary N) is 1. The molecular formula is C13H12ClN5O2. The lowest BCUT2D eigenvalue weighted by molar-refractivity contribution is -0.110. The summed E-state index contributed by atoms with van der Waals surface area (Å²) >= 11 is 6.05. The van der Waals surface area contributed by atoms with Gasteiger partial charge in [0.1, 0.15) is 11.8 Å². The largest absolute Gasteiger partial charge is 0.392 e. The number of hydrogen-bond donors (Lipinski definition) is 1. The van der Waals surface area contributed by atoms with E-state index in [2.05, 4.69) is 20.6 Å². The number of pyridine rings is 1. The Morgan fingerprint density at radius 2 is 2.38 bits per heavy atom. The van der Waals surface area contributed by atoms with Gasteiger partial charge in [-0.05, 0) is 19.1 Å². The molecule has 1 aliphatic rings. The predicted molar refractivity (Wildman–Crippen MR) is 77.6 cm³/mol. The van der Waals surface area contributed by atoms with Crippen LogP contribution >= 0.6 is 11.6 Å². The molecule has 3 rings (SSSR count). The van der Waals surface area contributed by atoms with Crippen LogP contribution in [0, 0.1) is 0 Å². The molecule has 1 amide bonds. The van der Waals surface area contributed by atoms with Crippen LogP contribution in [0.3, 0.4) is 0 Å². The van der Waals surface area contributed by atoms with Crippen molar-refractivity contribution >= 4 is 29.0 Å². The number of rotatable bonds is 3. The fourth-order valence-electron chi connectivity index (χ4n) is 1.88. The molecule has 2 aromatic heterocycles. The third-order valence-corrected chi connectivity index (χ3v) is 3.17. The van der Waals surface area contributed by atoms with Crippen LogP contribution in [0.2, 0.25) is 5.02 Å². The fourth-order valence-corrected chi connectivity index (χ4v) is 2.09. The third-order valence-electron chi connectivity index (χ3n) is 2.87. The number of oxime groups is 1. The average Bonchev–Trinajstić information content (AvgIpc) is 3.08. The summed E-state index contributed by atoms with van der Waals surface area (Å²) in [7, 11) is 0. The highest BCUT2D eigenvalue weighted by atomic mass is 35.5. The molecule has 0 bridgehead atoms. The summed E-state index contributed by atoms with van der Waals surface area (Å²) in [6.45, 7) is 1.85. The van der Waals surface area contributed by atoms with Gasteiger partial charge in [-0.3, -0.25) is 4.79 Å². The summed E-state index contributed by atoms with van der Waals surface area (Å²) in [6, 6.07) is 5.11. The maximum Gasteiger partial charge on any atom is 0.274 e. The lowest BCUT2D eigenvalue weighted by atomic mass is 10.2. The summed E-state index contributed by atoms with van der Waals surface area (Å²) in [5.41, 5.74) is 0.355. The van der Waals surface area contributed by atoms with E-state index in [0.29, 0.717) is 28.8 Å². The number of halogens is 1. The van der Waals surface area contributed by atoms with Crippen molar-refractivity contribution in [3.8, 4) is 5.82 Å². The van der Waals surface area contributed by atoms with Crippen molar-refractivity contribution in [3.05, 3.63) is 35.6 Å². The standard InChI is InChI=1S/C13H12ClN5O2/c1-8-7-10(18-21-8)13(20)16-11-4-6-19(17-11)12-9(14)3-2-5-15-12/h2-6,8H,7H2,1H3,(H,16,17,20). The van der Waals surface area contributed by atoms with Gasteiger partial charge in [0.25, 0.3) is 5.91 Å². The van der Waals surface area contributed by atoms with Gasteiger partial charge < -0.3 is 10.2 Å². The summed E-state index contributed by atoms with van der Waals surface area (Å²) in [5.74, 6) is 0.565. The van der Waals surface area contributed by atoms with E-state index in [1.165, 1.54) is 4.68 Å². The van der Waals surface area contributed by atoms with Gasteiger partial charge in [0, 0.05) is 24.9 Å². The fraction of sp³-hybridized carbons (Fsp3) is 0.231. The average molecular weight is 306 g/mol. The van der Waals surface area contributed by atoms with Crippen molar-refractivity contribution in [1.82, 2.24) is 14.8 Å². The van der Waals surface area contributed by atoms with Gasteiger partial charge in [0.05, 0.1) is 5.02 Å². The minimum atomic E-state index is -0.322. The van der Waals surface area contributed by atoms with Gasteiger partial charge in [0.2, 0.25) is 0 Å². The van der Waals surface area contributed by atoms with E-state index in [9.17, 15) is 4.79 Å². The Balaban J connectivity index is 1.74. The summed E-state index contributed by atoms with van der Waals surface area (Å²) in [6.07, 6.45) is 3.70. The first-order valence-electron chi connectivity index (χ1n) is 6.34. The number of amides is 1. The smallest absolute Gasteiger partial charge is 0.274 e. The molecule has 0 saturated heterocycles. The Morgan fingerprint density at radius 1 is 1.52 bits per heavy atom.